The van der Waals surface area contributed by atoms with Gasteiger partial charge in [-0.1, -0.05) is 244 Å². The summed E-state index contributed by atoms with van der Waals surface area (Å²) in [6.45, 7) is 20.9. The Morgan fingerprint density at radius 2 is 0.363 bits per heavy atom. The number of rotatable bonds is 3. The lowest BCUT2D eigenvalue weighted by Crippen LogP contribution is -2.54. The van der Waals surface area contributed by atoms with E-state index in [9.17, 15) is 0 Å². The minimum absolute atomic E-state index is 0.235. The molecule has 3 spiro atoms. The monoisotopic (exact) mass is 1340 g/mol. The van der Waals surface area contributed by atoms with E-state index in [1.807, 2.05) is 0 Å². The van der Waals surface area contributed by atoms with Gasteiger partial charge in [0.05, 0.1) is 0 Å². The van der Waals surface area contributed by atoms with Crippen LogP contribution in [-0.2, 0) is 0 Å². The maximum atomic E-state index is 7.33. The van der Waals surface area contributed by atoms with Crippen molar-refractivity contribution < 1.29 is 28.4 Å². The Bertz CT molecular complexity index is 4540. The third kappa shape index (κ3) is 13.6. The van der Waals surface area contributed by atoms with Gasteiger partial charge in [-0.05, 0) is 211 Å². The molecule has 3 aliphatic carbocycles. The first kappa shape index (κ1) is 66.8. The third-order valence-electron chi connectivity index (χ3n) is 23.1. The van der Waals surface area contributed by atoms with Crippen molar-refractivity contribution >= 4 is 97.0 Å². The van der Waals surface area contributed by atoms with Crippen LogP contribution in [-0.4, -0.2) is 17.4 Å². The Labute approximate surface area is 601 Å². The lowest BCUT2D eigenvalue weighted by atomic mass is 9.72. The molecule has 6 heteroatoms. The van der Waals surface area contributed by atoms with Crippen LogP contribution in [0.15, 0.2) is 255 Å². The summed E-state index contributed by atoms with van der Waals surface area (Å²) >= 11 is 0. The van der Waals surface area contributed by atoms with Crippen molar-refractivity contribution in [1.82, 2.24) is 0 Å². The van der Waals surface area contributed by atoms with Gasteiger partial charge in [-0.25, -0.2) is 0 Å². The highest BCUT2D eigenvalue weighted by Crippen LogP contribution is 2.53. The van der Waals surface area contributed by atoms with E-state index in [0.717, 1.165) is 189 Å². The minimum atomic E-state index is -0.778. The lowest BCUT2D eigenvalue weighted by molar-refractivity contribution is -0.194. The van der Waals surface area contributed by atoms with E-state index in [-0.39, 0.29) is 17.8 Å². The second-order valence-electron chi connectivity index (χ2n) is 31.8. The van der Waals surface area contributed by atoms with Gasteiger partial charge in [0.15, 0.2) is 0 Å². The molecule has 0 aromatic heterocycles. The second kappa shape index (κ2) is 27.5. The molecule has 6 aliphatic rings. The van der Waals surface area contributed by atoms with E-state index >= 15 is 0 Å². The molecule has 0 amide bonds. The van der Waals surface area contributed by atoms with Crippen molar-refractivity contribution in [1.29, 1.82) is 0 Å². The van der Waals surface area contributed by atoms with Gasteiger partial charge >= 0.3 is 0 Å². The zero-order valence-corrected chi connectivity index (χ0v) is 60.8. The van der Waals surface area contributed by atoms with Crippen LogP contribution in [0.2, 0.25) is 0 Å². The van der Waals surface area contributed by atoms with Crippen molar-refractivity contribution in [3.8, 4) is 34.5 Å². The number of ether oxygens (including phenoxy) is 6. The van der Waals surface area contributed by atoms with E-state index in [1.54, 1.807) is 0 Å². The average molecular weight is 1350 g/mol. The first-order chi connectivity index (χ1) is 49.5. The van der Waals surface area contributed by atoms with Crippen molar-refractivity contribution in [2.45, 2.75) is 137 Å². The molecule has 3 saturated carbocycles. The van der Waals surface area contributed by atoms with Crippen LogP contribution in [0.3, 0.4) is 0 Å². The summed E-state index contributed by atoms with van der Waals surface area (Å²) in [7, 11) is 0. The highest BCUT2D eigenvalue weighted by atomic mass is 16.7. The van der Waals surface area contributed by atoms with Gasteiger partial charge in [0.1, 0.15) is 34.5 Å². The van der Waals surface area contributed by atoms with Gasteiger partial charge in [-0.3, -0.25) is 0 Å². The average Bonchev–Trinajstić information content (AvgIpc) is 1.59. The predicted octanol–water partition coefficient (Wildman–Crippen LogP) is 26.5. The van der Waals surface area contributed by atoms with Crippen LogP contribution in [0, 0.1) is 53.3 Å². The second-order valence-corrected chi connectivity index (χ2v) is 31.8. The van der Waals surface area contributed by atoms with Crippen molar-refractivity contribution in [3.05, 3.63) is 255 Å². The normalized spacial score (nSPS) is 23.6. The summed E-state index contributed by atoms with van der Waals surface area (Å²) in [5.41, 5.74) is 0. The first-order valence-electron chi connectivity index (χ1n) is 37.9. The number of fused-ring (bicyclic) bond motifs is 3. The summed E-state index contributed by atoms with van der Waals surface area (Å²) in [6, 6.07) is 92.7. The molecule has 0 radical (unpaired) electrons. The molecule has 516 valence electrons. The first-order valence-corrected chi connectivity index (χ1v) is 37.9. The van der Waals surface area contributed by atoms with Crippen LogP contribution in [0.1, 0.15) is 120 Å². The molecular weight excluding hydrogens is 1250 g/mol. The molecule has 19 rings (SSSR count). The topological polar surface area (TPSA) is 55.4 Å². The predicted molar refractivity (Wildman–Crippen MR) is 426 cm³/mol. The number of hydrogen-bond acceptors (Lipinski definition) is 6. The molecule has 13 aromatic rings. The van der Waals surface area contributed by atoms with Gasteiger partial charge in [0.25, 0.3) is 17.4 Å². The molecule has 6 unspecified atom stereocenters. The SMILES string of the molecule is CC1CCC(C(C)C)C2(C1)Oc1ccc3ccc4ccc(cc4)ccc4ccc5c(c4)c4cc(ccc4OC4(CC(C)CCC4C(C)C)O5)ccc4ccc(cc4)ccc4ccc5c(c4)c4cc(ccc4OC4(CC(C)CCC4C(C)C)O5)ccc4ccc(cc4)ccc4ccc(c(c4)c1c3)O2. The summed E-state index contributed by atoms with van der Waals surface area (Å²) < 4.78 is 44.0. The fraction of sp³-hybridized carbons (Fsp3) is 0.312. The van der Waals surface area contributed by atoms with Gasteiger partial charge < -0.3 is 28.4 Å². The maximum absolute atomic E-state index is 7.33. The molecule has 13 aromatic carbocycles. The summed E-state index contributed by atoms with van der Waals surface area (Å²) in [4.78, 5) is 0. The highest BCUT2D eigenvalue weighted by Gasteiger charge is 2.53. The minimum Gasteiger partial charge on any atom is -0.451 e. The van der Waals surface area contributed by atoms with Gasteiger partial charge in [-0.2, -0.15) is 0 Å². The van der Waals surface area contributed by atoms with E-state index in [2.05, 4.69) is 317 Å². The zero-order valence-electron chi connectivity index (χ0n) is 60.8. The molecule has 3 heterocycles. The Balaban J connectivity index is 0.852. The molecule has 0 N–H and O–H groups in total. The highest BCUT2D eigenvalue weighted by molar-refractivity contribution is 6.00. The van der Waals surface area contributed by atoms with E-state index < -0.39 is 17.4 Å². The molecular formula is C96H96O6. The molecule has 6 nitrogen and oxygen atoms in total. The van der Waals surface area contributed by atoms with Crippen LogP contribution in [0.5, 0.6) is 34.5 Å². The molecule has 102 heavy (non-hydrogen) atoms. The van der Waals surface area contributed by atoms with Gasteiger partial charge in [0.2, 0.25) is 0 Å². The van der Waals surface area contributed by atoms with E-state index in [1.165, 1.54) is 0 Å². The van der Waals surface area contributed by atoms with Gasteiger partial charge in [0, 0.05) is 69.3 Å². The van der Waals surface area contributed by atoms with E-state index in [4.69, 9.17) is 28.4 Å². The summed E-state index contributed by atoms with van der Waals surface area (Å²) in [5.74, 6) is 6.09. The quantitative estimate of drug-likeness (QED) is 0.176. The fourth-order valence-corrected chi connectivity index (χ4v) is 17.7. The Morgan fingerprint density at radius 3 is 0.520 bits per heavy atom. The largest absolute Gasteiger partial charge is 0.451 e. The third-order valence-corrected chi connectivity index (χ3v) is 23.1. The lowest BCUT2D eigenvalue weighted by Gasteiger charge is -2.46. The smallest absolute Gasteiger partial charge is 0.254 e. The molecule has 6 atom stereocenters. The van der Waals surface area contributed by atoms with Crippen LogP contribution >= 0.6 is 0 Å². The van der Waals surface area contributed by atoms with Crippen molar-refractivity contribution in [3.63, 3.8) is 0 Å². The Morgan fingerprint density at radius 1 is 0.216 bits per heavy atom. The number of benzene rings is 9. The standard InChI is InChI=1S/C96H96O6/c1-61(2)85-43-10-64(7)58-94(85)97-88-46-37-73-31-25-67-13-17-69(18-14-67)27-33-75-39-48-90-81(54-75)83-56-77(41-50-92(83)101-95(99-90)59-65(8)11-44-86(95)62(3)4)35-29-71-21-23-72(24-22-71)30-36-78-42-51-93-84(57-78)82-55-76(40-49-91(82)100-96(102-93)60-66(9)12-45-87(96)63(5)6)34-28-70-19-15-68(16-20-70)26-32-74-38-47-89(98-94)80(53-74)79(88)52-73/h13-42,46-57,61-66,85-87H,10-12,43-45,58-60H2,1-9H3. The Hall–Kier alpha value is -9.78. The van der Waals surface area contributed by atoms with Crippen molar-refractivity contribution in [2.75, 3.05) is 0 Å². The maximum Gasteiger partial charge on any atom is 0.254 e. The van der Waals surface area contributed by atoms with Crippen LogP contribution < -0.4 is 28.4 Å². The molecule has 0 saturated heterocycles. The summed E-state index contributed by atoms with van der Waals surface area (Å²) in [6.07, 6.45) is 9.17. The molecule has 18 bridgehead atoms. The zero-order chi connectivity index (χ0) is 69.9. The van der Waals surface area contributed by atoms with Crippen LogP contribution in [0.25, 0.3) is 97.0 Å². The molecule has 3 fully saturated rings. The Kier molecular flexibility index (Phi) is 18.0. The molecule has 3 aliphatic heterocycles. The summed E-state index contributed by atoms with van der Waals surface area (Å²) in [5, 5.41) is 19.4. The van der Waals surface area contributed by atoms with Crippen LogP contribution in [0.4, 0.5) is 0 Å². The van der Waals surface area contributed by atoms with E-state index in [0.29, 0.717) is 35.5 Å². The fourth-order valence-electron chi connectivity index (χ4n) is 17.7. The van der Waals surface area contributed by atoms with Gasteiger partial charge in [-0.15, -0.1) is 0 Å². The van der Waals surface area contributed by atoms with Crippen molar-refractivity contribution in [2.24, 2.45) is 53.3 Å². The number of hydrogen-bond donors (Lipinski definition) is 0.